The van der Waals surface area contributed by atoms with E-state index in [0.717, 1.165) is 42.3 Å². The van der Waals surface area contributed by atoms with Crippen LogP contribution in [0.5, 0.6) is 0 Å². The van der Waals surface area contributed by atoms with Gasteiger partial charge in [0.15, 0.2) is 0 Å². The molecule has 0 aliphatic rings. The maximum atomic E-state index is 11.8. The second-order valence-electron chi connectivity index (χ2n) is 7.03. The van der Waals surface area contributed by atoms with E-state index in [9.17, 15) is 9.90 Å². The van der Waals surface area contributed by atoms with Crippen LogP contribution in [0.1, 0.15) is 68.9 Å². The zero-order valence-corrected chi connectivity index (χ0v) is 14.4. The quantitative estimate of drug-likeness (QED) is 0.844. The summed E-state index contributed by atoms with van der Waals surface area (Å²) >= 11 is 0. The third kappa shape index (κ3) is 3.03. The molecule has 3 heteroatoms. The van der Waals surface area contributed by atoms with Crippen molar-refractivity contribution in [2.45, 2.75) is 65.8 Å². The Balaban J connectivity index is 2.78. The number of unbranched alkanes of at least 4 members (excludes halogenated alkanes) is 1. The SMILES string of the molecule is CCCCn1cc(CC)c2cc(C(C)(C)C)cc(C(=O)O)c21. The van der Waals surface area contributed by atoms with Crippen molar-refractivity contribution in [2.75, 3.05) is 0 Å². The average molecular weight is 301 g/mol. The first-order valence-electron chi connectivity index (χ1n) is 8.19. The maximum absolute atomic E-state index is 11.8. The number of fused-ring (bicyclic) bond motifs is 1. The largest absolute Gasteiger partial charge is 0.478 e. The number of hydrogen-bond acceptors (Lipinski definition) is 1. The molecule has 0 aliphatic carbocycles. The Bertz CT molecular complexity index is 690. The second kappa shape index (κ2) is 6.15. The van der Waals surface area contributed by atoms with Crippen LogP contribution in [-0.4, -0.2) is 15.6 Å². The summed E-state index contributed by atoms with van der Waals surface area (Å²) in [7, 11) is 0. The second-order valence-corrected chi connectivity index (χ2v) is 7.03. The molecule has 1 aromatic heterocycles. The van der Waals surface area contributed by atoms with Crippen LogP contribution in [0, 0.1) is 0 Å². The summed E-state index contributed by atoms with van der Waals surface area (Å²) in [6.45, 7) is 11.5. The van der Waals surface area contributed by atoms with Crippen LogP contribution in [0.15, 0.2) is 18.3 Å². The van der Waals surface area contributed by atoms with Gasteiger partial charge < -0.3 is 9.67 Å². The van der Waals surface area contributed by atoms with Crippen molar-refractivity contribution in [3.05, 3.63) is 35.0 Å². The number of benzene rings is 1. The Kier molecular flexibility index (Phi) is 4.64. The maximum Gasteiger partial charge on any atom is 0.337 e. The minimum Gasteiger partial charge on any atom is -0.478 e. The van der Waals surface area contributed by atoms with Gasteiger partial charge in [0, 0.05) is 18.1 Å². The van der Waals surface area contributed by atoms with Crippen molar-refractivity contribution >= 4 is 16.9 Å². The number of hydrogen-bond donors (Lipinski definition) is 1. The predicted molar refractivity (Wildman–Crippen MR) is 91.9 cm³/mol. The zero-order valence-electron chi connectivity index (χ0n) is 14.4. The van der Waals surface area contributed by atoms with Crippen molar-refractivity contribution in [3.8, 4) is 0 Å². The van der Waals surface area contributed by atoms with Crippen molar-refractivity contribution in [3.63, 3.8) is 0 Å². The van der Waals surface area contributed by atoms with E-state index in [2.05, 4.69) is 51.4 Å². The average Bonchev–Trinajstić information content (AvgIpc) is 2.81. The number of nitrogens with zero attached hydrogens (tertiary/aromatic N) is 1. The highest BCUT2D eigenvalue weighted by Crippen LogP contribution is 2.32. The molecule has 3 nitrogen and oxygen atoms in total. The van der Waals surface area contributed by atoms with Gasteiger partial charge in [-0.3, -0.25) is 0 Å². The van der Waals surface area contributed by atoms with Gasteiger partial charge >= 0.3 is 5.97 Å². The first-order chi connectivity index (χ1) is 10.3. The minimum atomic E-state index is -0.838. The molecule has 0 radical (unpaired) electrons. The summed E-state index contributed by atoms with van der Waals surface area (Å²) in [6.07, 6.45) is 5.22. The summed E-state index contributed by atoms with van der Waals surface area (Å²) in [5.74, 6) is -0.838. The topological polar surface area (TPSA) is 42.2 Å². The van der Waals surface area contributed by atoms with Gasteiger partial charge in [0.1, 0.15) is 0 Å². The number of aromatic carboxylic acids is 1. The van der Waals surface area contributed by atoms with E-state index in [1.54, 1.807) is 0 Å². The fraction of sp³-hybridized carbons (Fsp3) is 0.526. The molecule has 0 saturated carbocycles. The Labute approximate surface area is 133 Å². The van der Waals surface area contributed by atoms with E-state index >= 15 is 0 Å². The highest BCUT2D eigenvalue weighted by molar-refractivity contribution is 6.04. The van der Waals surface area contributed by atoms with Crippen molar-refractivity contribution < 1.29 is 9.90 Å². The standard InChI is InChI=1S/C19H27NO2/c1-6-8-9-20-12-13(7-2)15-10-14(19(3,4)5)11-16(17(15)20)18(21)22/h10-12H,6-9H2,1-5H3,(H,21,22). The first kappa shape index (κ1) is 16.6. The molecule has 0 aliphatic heterocycles. The highest BCUT2D eigenvalue weighted by Gasteiger charge is 2.22. The lowest BCUT2D eigenvalue weighted by Gasteiger charge is -2.20. The van der Waals surface area contributed by atoms with Crippen LogP contribution < -0.4 is 0 Å². The normalized spacial score (nSPS) is 12.0. The van der Waals surface area contributed by atoms with E-state index in [4.69, 9.17) is 0 Å². The molecule has 1 N–H and O–H groups in total. The number of rotatable bonds is 5. The van der Waals surface area contributed by atoms with E-state index in [1.807, 2.05) is 6.07 Å². The molecule has 2 rings (SSSR count). The molecule has 0 saturated heterocycles. The van der Waals surface area contributed by atoms with Gasteiger partial charge in [-0.2, -0.15) is 0 Å². The number of carboxylic acids is 1. The summed E-state index contributed by atoms with van der Waals surface area (Å²) in [6, 6.07) is 4.04. The zero-order chi connectivity index (χ0) is 16.5. The summed E-state index contributed by atoms with van der Waals surface area (Å²) in [4.78, 5) is 11.8. The molecule has 1 aromatic carbocycles. The van der Waals surface area contributed by atoms with Gasteiger partial charge in [0.2, 0.25) is 0 Å². The molecule has 0 unspecified atom stereocenters. The molecule has 0 spiro atoms. The molecular formula is C19H27NO2. The molecule has 0 fully saturated rings. The fourth-order valence-electron chi connectivity index (χ4n) is 2.89. The van der Waals surface area contributed by atoms with Crippen LogP contribution in [0.3, 0.4) is 0 Å². The number of carboxylic acid groups (broad SMARTS) is 1. The van der Waals surface area contributed by atoms with E-state index in [0.29, 0.717) is 5.56 Å². The van der Waals surface area contributed by atoms with Crippen LogP contribution in [0.4, 0.5) is 0 Å². The summed E-state index contributed by atoms with van der Waals surface area (Å²) < 4.78 is 2.13. The van der Waals surface area contributed by atoms with Gasteiger partial charge in [0.25, 0.3) is 0 Å². The molecule has 0 amide bonds. The van der Waals surface area contributed by atoms with Crippen LogP contribution in [-0.2, 0) is 18.4 Å². The first-order valence-corrected chi connectivity index (χ1v) is 8.19. The Morgan fingerprint density at radius 2 is 1.91 bits per heavy atom. The summed E-state index contributed by atoms with van der Waals surface area (Å²) in [5, 5.41) is 10.8. The van der Waals surface area contributed by atoms with Gasteiger partial charge in [-0.25, -0.2) is 4.79 Å². The molecule has 1 heterocycles. The predicted octanol–water partition coefficient (Wildman–Crippen LogP) is 5.00. The molecule has 2 aromatic rings. The number of carbonyl (C=O) groups is 1. The monoisotopic (exact) mass is 301 g/mol. The van der Waals surface area contributed by atoms with Crippen LogP contribution in [0.25, 0.3) is 10.9 Å². The van der Waals surface area contributed by atoms with E-state index < -0.39 is 5.97 Å². The Morgan fingerprint density at radius 1 is 1.23 bits per heavy atom. The third-order valence-corrected chi connectivity index (χ3v) is 4.28. The van der Waals surface area contributed by atoms with Gasteiger partial charge in [-0.05, 0) is 41.5 Å². The van der Waals surface area contributed by atoms with Crippen molar-refractivity contribution in [1.82, 2.24) is 4.57 Å². The lowest BCUT2D eigenvalue weighted by atomic mass is 9.85. The minimum absolute atomic E-state index is 0.0606. The summed E-state index contributed by atoms with van der Waals surface area (Å²) in [5.41, 5.74) is 3.57. The van der Waals surface area contributed by atoms with E-state index in [1.165, 1.54) is 5.56 Å². The van der Waals surface area contributed by atoms with Gasteiger partial charge in [-0.1, -0.05) is 41.0 Å². The van der Waals surface area contributed by atoms with Crippen LogP contribution in [0.2, 0.25) is 0 Å². The van der Waals surface area contributed by atoms with E-state index in [-0.39, 0.29) is 5.41 Å². The fourth-order valence-corrected chi connectivity index (χ4v) is 2.89. The van der Waals surface area contributed by atoms with Crippen LogP contribution >= 0.6 is 0 Å². The number of aryl methyl sites for hydroxylation is 2. The smallest absolute Gasteiger partial charge is 0.337 e. The van der Waals surface area contributed by atoms with Gasteiger partial charge in [0.05, 0.1) is 11.1 Å². The molecule has 120 valence electrons. The molecule has 22 heavy (non-hydrogen) atoms. The molecule has 0 bridgehead atoms. The third-order valence-electron chi connectivity index (χ3n) is 4.28. The lowest BCUT2D eigenvalue weighted by Crippen LogP contribution is -2.13. The molecular weight excluding hydrogens is 274 g/mol. The van der Waals surface area contributed by atoms with Crippen molar-refractivity contribution in [1.29, 1.82) is 0 Å². The lowest BCUT2D eigenvalue weighted by molar-refractivity contribution is 0.0698. The molecule has 0 atom stereocenters. The van der Waals surface area contributed by atoms with Gasteiger partial charge in [-0.15, -0.1) is 0 Å². The Hall–Kier alpha value is -1.77. The highest BCUT2D eigenvalue weighted by atomic mass is 16.4. The number of aromatic nitrogens is 1. The Morgan fingerprint density at radius 3 is 2.41 bits per heavy atom. The van der Waals surface area contributed by atoms with Crippen molar-refractivity contribution in [2.24, 2.45) is 0 Å².